The van der Waals surface area contributed by atoms with E-state index in [4.69, 9.17) is 9.47 Å². The van der Waals surface area contributed by atoms with E-state index in [-0.39, 0.29) is 36.0 Å². The van der Waals surface area contributed by atoms with Crippen LogP contribution in [-0.4, -0.2) is 24.1 Å². The summed E-state index contributed by atoms with van der Waals surface area (Å²) in [5.74, 6) is 4.64. The maximum atomic E-state index is 13.8. The van der Waals surface area contributed by atoms with Crippen LogP contribution in [0.2, 0.25) is 0 Å². The zero-order valence-corrected chi connectivity index (χ0v) is 27.7. The average Bonchev–Trinajstić information content (AvgIpc) is 2.98. The summed E-state index contributed by atoms with van der Waals surface area (Å²) < 4.78 is 13.2. The molecule has 0 bridgehead atoms. The highest BCUT2D eigenvalue weighted by atomic mass is 16.6. The van der Waals surface area contributed by atoms with Crippen LogP contribution in [0.1, 0.15) is 156 Å². The lowest BCUT2D eigenvalue weighted by Crippen LogP contribution is -2.42. The molecule has 42 heavy (non-hydrogen) atoms. The zero-order valence-electron chi connectivity index (χ0n) is 27.7. The Bertz CT molecular complexity index is 757. The zero-order chi connectivity index (χ0) is 29.6. The Morgan fingerprint density at radius 3 is 1.00 bits per heavy atom. The van der Waals surface area contributed by atoms with Crippen molar-refractivity contribution < 1.29 is 19.1 Å². The Morgan fingerprint density at radius 1 is 0.429 bits per heavy atom. The fraction of sp³-hybridized carbons (Fsp3) is 0.947. The molecule has 0 amide bonds. The van der Waals surface area contributed by atoms with Crippen molar-refractivity contribution in [3.8, 4) is 0 Å². The summed E-state index contributed by atoms with van der Waals surface area (Å²) in [6.07, 6.45) is 23.3. The van der Waals surface area contributed by atoms with E-state index < -0.39 is 0 Å². The van der Waals surface area contributed by atoms with Crippen LogP contribution in [-0.2, 0) is 19.1 Å². The van der Waals surface area contributed by atoms with E-state index in [1.807, 2.05) is 0 Å². The number of hydrogen-bond donors (Lipinski definition) is 0. The minimum atomic E-state index is -0.149. The summed E-state index contributed by atoms with van der Waals surface area (Å²) in [4.78, 5) is 27.7. The number of ether oxygens (including phenoxy) is 2. The molecule has 0 aromatic carbocycles. The minimum absolute atomic E-state index is 0.00675. The molecule has 5 saturated carbocycles. The smallest absolute Gasteiger partial charge is 0.309 e. The van der Waals surface area contributed by atoms with Gasteiger partial charge in [0, 0.05) is 0 Å². The fourth-order valence-corrected chi connectivity index (χ4v) is 10.4. The maximum absolute atomic E-state index is 13.8. The van der Waals surface area contributed by atoms with Crippen molar-refractivity contribution >= 4 is 11.9 Å². The van der Waals surface area contributed by atoms with E-state index in [1.165, 1.54) is 103 Å². The van der Waals surface area contributed by atoms with E-state index in [0.29, 0.717) is 30.1 Å². The van der Waals surface area contributed by atoms with Gasteiger partial charge in [-0.25, -0.2) is 0 Å². The van der Waals surface area contributed by atoms with E-state index in [1.54, 1.807) is 0 Å². The molecule has 4 nitrogen and oxygen atoms in total. The van der Waals surface area contributed by atoms with Crippen LogP contribution in [0.5, 0.6) is 0 Å². The van der Waals surface area contributed by atoms with Crippen LogP contribution in [0.25, 0.3) is 0 Å². The molecule has 0 heterocycles. The van der Waals surface area contributed by atoms with Crippen LogP contribution in [0.3, 0.4) is 0 Å². The van der Waals surface area contributed by atoms with E-state index >= 15 is 0 Å². The molecule has 5 rings (SSSR count). The van der Waals surface area contributed by atoms with Crippen molar-refractivity contribution in [2.45, 2.75) is 168 Å². The van der Waals surface area contributed by atoms with Crippen LogP contribution in [0.15, 0.2) is 0 Å². The summed E-state index contributed by atoms with van der Waals surface area (Å²) in [5.41, 5.74) is 0. The van der Waals surface area contributed by atoms with Crippen LogP contribution in [0.4, 0.5) is 0 Å². The highest BCUT2D eigenvalue weighted by Crippen LogP contribution is 2.43. The molecule has 5 aliphatic carbocycles. The topological polar surface area (TPSA) is 52.6 Å². The Morgan fingerprint density at radius 2 is 0.714 bits per heavy atom. The normalized spacial score (nSPS) is 41.3. The summed E-state index contributed by atoms with van der Waals surface area (Å²) >= 11 is 0. The monoisotopic (exact) mass is 584 g/mol. The molecule has 0 aliphatic heterocycles. The molecule has 5 aliphatic rings. The van der Waals surface area contributed by atoms with Gasteiger partial charge < -0.3 is 9.47 Å². The SMILES string of the molecule is CC1CCCC(C(OC(=O)C2CCCC(C(=O)OC(C3CCCC(C)C3)C3CCCC(C)C3)C2)C2CCCC(C)C2)C1. The third-order valence-corrected chi connectivity index (χ3v) is 12.6. The number of esters is 2. The Kier molecular flexibility index (Phi) is 11.8. The van der Waals surface area contributed by atoms with Gasteiger partial charge in [0.25, 0.3) is 0 Å². The lowest BCUT2D eigenvalue weighted by molar-refractivity contribution is -0.170. The van der Waals surface area contributed by atoms with Crippen molar-refractivity contribution in [3.05, 3.63) is 0 Å². The standard InChI is InChI=1S/C38H64O4/c1-25-10-5-14-29(20-25)35(30-15-6-11-26(2)21-30)41-37(39)33-18-9-19-34(24-33)38(40)42-36(31-16-7-12-27(3)22-31)32-17-8-13-28(4)23-32/h25-36H,5-24H2,1-4H3. The summed E-state index contributed by atoms with van der Waals surface area (Å²) in [5, 5.41) is 0. The molecule has 0 radical (unpaired) electrons. The van der Waals surface area contributed by atoms with Crippen molar-refractivity contribution in [2.24, 2.45) is 59.2 Å². The highest BCUT2D eigenvalue weighted by Gasteiger charge is 2.42. The van der Waals surface area contributed by atoms with Crippen molar-refractivity contribution in [3.63, 3.8) is 0 Å². The lowest BCUT2D eigenvalue weighted by Gasteiger charge is -2.41. The molecule has 10 atom stereocenters. The van der Waals surface area contributed by atoms with E-state index in [9.17, 15) is 9.59 Å². The van der Waals surface area contributed by atoms with Crippen molar-refractivity contribution in [2.75, 3.05) is 0 Å². The molecule has 0 N–H and O–H groups in total. The molecule has 0 aromatic rings. The van der Waals surface area contributed by atoms with Gasteiger partial charge in [0.05, 0.1) is 11.8 Å². The predicted octanol–water partition coefficient (Wildman–Crippen LogP) is 9.92. The Balaban J connectivity index is 1.23. The van der Waals surface area contributed by atoms with Gasteiger partial charge in [-0.05, 0) is 118 Å². The Labute approximate surface area is 258 Å². The van der Waals surface area contributed by atoms with Crippen molar-refractivity contribution in [1.82, 2.24) is 0 Å². The second-order valence-electron chi connectivity index (χ2n) is 16.5. The average molecular weight is 585 g/mol. The molecule has 5 fully saturated rings. The van der Waals surface area contributed by atoms with Gasteiger partial charge in [-0.2, -0.15) is 0 Å². The first-order chi connectivity index (χ1) is 20.3. The minimum Gasteiger partial charge on any atom is -0.462 e. The lowest BCUT2D eigenvalue weighted by atomic mass is 9.71. The largest absolute Gasteiger partial charge is 0.462 e. The molecule has 10 unspecified atom stereocenters. The fourth-order valence-electron chi connectivity index (χ4n) is 10.4. The van der Waals surface area contributed by atoms with E-state index in [0.717, 1.165) is 42.9 Å². The van der Waals surface area contributed by atoms with Gasteiger partial charge in [0.15, 0.2) is 0 Å². The molecular formula is C38H64O4. The van der Waals surface area contributed by atoms with Gasteiger partial charge in [0.2, 0.25) is 0 Å². The second-order valence-corrected chi connectivity index (χ2v) is 16.5. The molecule has 0 saturated heterocycles. The third-order valence-electron chi connectivity index (χ3n) is 12.6. The van der Waals surface area contributed by atoms with Crippen LogP contribution in [0, 0.1) is 59.2 Å². The Hall–Kier alpha value is -1.06. The van der Waals surface area contributed by atoms with Crippen molar-refractivity contribution in [1.29, 1.82) is 0 Å². The van der Waals surface area contributed by atoms with Gasteiger partial charge in [0.1, 0.15) is 12.2 Å². The first-order valence-corrected chi connectivity index (χ1v) is 18.7. The predicted molar refractivity (Wildman–Crippen MR) is 170 cm³/mol. The molecule has 0 spiro atoms. The first-order valence-electron chi connectivity index (χ1n) is 18.7. The third kappa shape index (κ3) is 8.56. The molecule has 0 aromatic heterocycles. The highest BCUT2D eigenvalue weighted by molar-refractivity contribution is 5.77. The van der Waals surface area contributed by atoms with Gasteiger partial charge in [-0.3, -0.25) is 9.59 Å². The number of rotatable bonds is 8. The van der Waals surface area contributed by atoms with E-state index in [2.05, 4.69) is 27.7 Å². The summed E-state index contributed by atoms with van der Waals surface area (Å²) in [6.45, 7) is 9.50. The van der Waals surface area contributed by atoms with Crippen LogP contribution < -0.4 is 0 Å². The number of hydrogen-bond acceptors (Lipinski definition) is 4. The van der Waals surface area contributed by atoms with Gasteiger partial charge >= 0.3 is 11.9 Å². The second kappa shape index (κ2) is 15.3. The van der Waals surface area contributed by atoms with Crippen LogP contribution >= 0.6 is 0 Å². The van der Waals surface area contributed by atoms with Gasteiger partial charge in [-0.1, -0.05) is 85.5 Å². The molecule has 240 valence electrons. The quantitative estimate of drug-likeness (QED) is 0.266. The summed E-state index contributed by atoms with van der Waals surface area (Å²) in [7, 11) is 0. The molecule has 4 heteroatoms. The number of carbonyl (C=O) groups is 2. The number of carbonyl (C=O) groups excluding carboxylic acids is 2. The molecular weight excluding hydrogens is 520 g/mol. The first kappa shape index (κ1) is 32.3. The maximum Gasteiger partial charge on any atom is 0.309 e. The van der Waals surface area contributed by atoms with Gasteiger partial charge in [-0.15, -0.1) is 0 Å². The summed E-state index contributed by atoms with van der Waals surface area (Å²) in [6, 6.07) is 0.